The van der Waals surface area contributed by atoms with Crippen molar-refractivity contribution in [1.82, 2.24) is 10.6 Å². The number of guanidine groups is 1. The summed E-state index contributed by atoms with van der Waals surface area (Å²) in [6.45, 7) is 7.10. The van der Waals surface area contributed by atoms with E-state index in [9.17, 15) is 18.3 Å². The number of aliphatic hydroxyl groups is 1. The van der Waals surface area contributed by atoms with Gasteiger partial charge in [-0.15, -0.1) is 0 Å². The lowest BCUT2D eigenvalue weighted by Crippen LogP contribution is -2.40. The van der Waals surface area contributed by atoms with Gasteiger partial charge in [0.2, 0.25) is 0 Å². The highest BCUT2D eigenvalue weighted by Gasteiger charge is 2.27. The molecule has 3 N–H and O–H groups in total. The number of rotatable bonds is 12. The summed E-state index contributed by atoms with van der Waals surface area (Å²) in [4.78, 5) is 4.57. The van der Waals surface area contributed by atoms with Crippen LogP contribution in [0.1, 0.15) is 44.7 Å². The first-order valence-corrected chi connectivity index (χ1v) is 10.1. The molecule has 0 heterocycles. The van der Waals surface area contributed by atoms with Crippen LogP contribution in [0.2, 0.25) is 0 Å². The first-order valence-electron chi connectivity index (χ1n) is 10.1. The zero-order valence-electron chi connectivity index (χ0n) is 17.6. The highest BCUT2D eigenvalue weighted by Crippen LogP contribution is 2.16. The molecule has 0 bridgehead atoms. The molecule has 0 aromatic heterocycles. The van der Waals surface area contributed by atoms with Crippen molar-refractivity contribution in [3.63, 3.8) is 0 Å². The first-order chi connectivity index (χ1) is 13.7. The molecule has 166 valence electrons. The van der Waals surface area contributed by atoms with Crippen molar-refractivity contribution >= 4 is 5.96 Å². The fourth-order valence-corrected chi connectivity index (χ4v) is 2.93. The van der Waals surface area contributed by atoms with E-state index >= 15 is 0 Å². The topological polar surface area (TPSA) is 65.9 Å². The fourth-order valence-electron chi connectivity index (χ4n) is 2.93. The second-order valence-corrected chi connectivity index (χ2v) is 7.51. The molecule has 0 aliphatic heterocycles. The van der Waals surface area contributed by atoms with E-state index in [4.69, 9.17) is 0 Å². The summed E-state index contributed by atoms with van der Waals surface area (Å²) in [6.07, 6.45) is -2.52. The number of halogens is 3. The predicted molar refractivity (Wildman–Crippen MR) is 110 cm³/mol. The maximum atomic E-state index is 12.1. The van der Waals surface area contributed by atoms with Crippen molar-refractivity contribution in [3.8, 4) is 0 Å². The first kappa shape index (κ1) is 25.2. The van der Waals surface area contributed by atoms with Crippen molar-refractivity contribution in [2.24, 2.45) is 16.8 Å². The van der Waals surface area contributed by atoms with Crippen LogP contribution < -0.4 is 10.6 Å². The second-order valence-electron chi connectivity index (χ2n) is 7.51. The highest BCUT2D eigenvalue weighted by molar-refractivity contribution is 5.79. The number of aliphatic imine (C=N–C) groups is 1. The van der Waals surface area contributed by atoms with Crippen molar-refractivity contribution in [3.05, 3.63) is 35.4 Å². The Morgan fingerprint density at radius 3 is 2.34 bits per heavy atom. The van der Waals surface area contributed by atoms with Gasteiger partial charge in [0.1, 0.15) is 6.61 Å². The van der Waals surface area contributed by atoms with Gasteiger partial charge in [0.15, 0.2) is 5.96 Å². The third kappa shape index (κ3) is 12.4. The summed E-state index contributed by atoms with van der Waals surface area (Å²) in [7, 11) is 0. The summed E-state index contributed by atoms with van der Waals surface area (Å²) in [5.74, 6) is 1.64. The summed E-state index contributed by atoms with van der Waals surface area (Å²) in [5.41, 5.74) is 1.64. The van der Waals surface area contributed by atoms with Gasteiger partial charge in [-0.25, -0.2) is 4.99 Å². The monoisotopic (exact) mass is 417 g/mol. The molecule has 1 aromatic rings. The number of nitrogens with one attached hydrogen (secondary N) is 2. The van der Waals surface area contributed by atoms with Crippen LogP contribution >= 0.6 is 0 Å². The molecule has 1 unspecified atom stereocenters. The van der Waals surface area contributed by atoms with Crippen LogP contribution in [0.25, 0.3) is 0 Å². The van der Waals surface area contributed by atoms with Crippen molar-refractivity contribution in [2.75, 3.05) is 26.3 Å². The zero-order valence-corrected chi connectivity index (χ0v) is 17.6. The Balaban J connectivity index is 2.56. The van der Waals surface area contributed by atoms with Crippen LogP contribution in [-0.2, 0) is 17.9 Å². The second kappa shape index (κ2) is 13.4. The lowest BCUT2D eigenvalue weighted by Gasteiger charge is -2.20. The molecule has 0 spiro atoms. The van der Waals surface area contributed by atoms with Crippen LogP contribution in [0.3, 0.4) is 0 Å². The van der Waals surface area contributed by atoms with Crippen LogP contribution in [0.5, 0.6) is 0 Å². The molecule has 1 aromatic carbocycles. The molecule has 8 heteroatoms. The predicted octanol–water partition coefficient (Wildman–Crippen LogP) is 3.87. The lowest BCUT2D eigenvalue weighted by molar-refractivity contribution is -0.176. The minimum atomic E-state index is -4.31. The molecule has 0 aliphatic carbocycles. The van der Waals surface area contributed by atoms with Gasteiger partial charge < -0.3 is 20.5 Å². The quantitative estimate of drug-likeness (QED) is 0.357. The van der Waals surface area contributed by atoms with Gasteiger partial charge >= 0.3 is 6.18 Å². The van der Waals surface area contributed by atoms with E-state index in [2.05, 4.69) is 34.2 Å². The van der Waals surface area contributed by atoms with E-state index in [1.807, 2.05) is 19.1 Å². The maximum absolute atomic E-state index is 12.1. The Labute approximate surface area is 171 Å². The van der Waals surface area contributed by atoms with E-state index in [1.54, 1.807) is 12.1 Å². The molecule has 0 aliphatic rings. The van der Waals surface area contributed by atoms with Crippen LogP contribution in [0, 0.1) is 11.8 Å². The summed E-state index contributed by atoms with van der Waals surface area (Å²) >= 11 is 0. The Morgan fingerprint density at radius 2 is 1.79 bits per heavy atom. The Kier molecular flexibility index (Phi) is 11.7. The van der Waals surface area contributed by atoms with Gasteiger partial charge in [0, 0.05) is 19.7 Å². The van der Waals surface area contributed by atoms with Crippen molar-refractivity contribution in [1.29, 1.82) is 0 Å². The SMILES string of the molecule is CCNC(=NCc1ccc(COCC(F)(F)F)cc1)NCC(CCO)CC(C)C. The summed E-state index contributed by atoms with van der Waals surface area (Å²) in [5, 5.41) is 15.8. The standard InChI is InChI=1S/C21H34F3N3O2/c1-4-25-20(27-13-19(9-10-28)11-16(2)3)26-12-17-5-7-18(8-6-17)14-29-15-21(22,23)24/h5-8,16,19,28H,4,9-15H2,1-3H3,(H2,25,26,27). The zero-order chi connectivity index (χ0) is 21.7. The molecule has 0 amide bonds. The number of ether oxygens (including phenoxy) is 1. The minimum Gasteiger partial charge on any atom is -0.396 e. The highest BCUT2D eigenvalue weighted by atomic mass is 19.4. The Bertz CT molecular complexity index is 590. The Hall–Kier alpha value is -1.80. The molecule has 1 rings (SSSR count). The van der Waals surface area contributed by atoms with E-state index < -0.39 is 12.8 Å². The smallest absolute Gasteiger partial charge is 0.396 e. The molecule has 5 nitrogen and oxygen atoms in total. The van der Waals surface area contributed by atoms with E-state index in [0.29, 0.717) is 29.9 Å². The van der Waals surface area contributed by atoms with Gasteiger partial charge in [0.05, 0.1) is 13.2 Å². The minimum absolute atomic E-state index is 0.0741. The van der Waals surface area contributed by atoms with Gasteiger partial charge in [-0.2, -0.15) is 13.2 Å². The third-order valence-electron chi connectivity index (χ3n) is 4.22. The Morgan fingerprint density at radius 1 is 1.14 bits per heavy atom. The lowest BCUT2D eigenvalue weighted by atomic mass is 9.94. The van der Waals surface area contributed by atoms with Crippen LogP contribution in [0.15, 0.2) is 29.3 Å². The third-order valence-corrected chi connectivity index (χ3v) is 4.22. The number of aliphatic hydroxyl groups excluding tert-OH is 1. The number of hydrogen-bond acceptors (Lipinski definition) is 3. The normalized spacial score (nSPS) is 13.6. The summed E-state index contributed by atoms with van der Waals surface area (Å²) in [6, 6.07) is 7.18. The van der Waals surface area contributed by atoms with Crippen molar-refractivity contribution < 1.29 is 23.0 Å². The molecule has 0 radical (unpaired) electrons. The number of nitrogens with zero attached hydrogens (tertiary/aromatic N) is 1. The molecule has 0 saturated carbocycles. The molecule has 1 atom stereocenters. The average molecular weight is 418 g/mol. The van der Waals surface area contributed by atoms with Gasteiger partial charge in [0.25, 0.3) is 0 Å². The van der Waals surface area contributed by atoms with E-state index in [0.717, 1.165) is 31.5 Å². The van der Waals surface area contributed by atoms with Crippen LogP contribution in [0.4, 0.5) is 13.2 Å². The summed E-state index contributed by atoms with van der Waals surface area (Å²) < 4.78 is 41.0. The van der Waals surface area contributed by atoms with E-state index in [-0.39, 0.29) is 13.2 Å². The van der Waals surface area contributed by atoms with Crippen LogP contribution in [-0.4, -0.2) is 43.5 Å². The number of benzene rings is 1. The average Bonchev–Trinajstić information content (AvgIpc) is 2.63. The molecular weight excluding hydrogens is 383 g/mol. The van der Waals surface area contributed by atoms with Gasteiger partial charge in [-0.1, -0.05) is 38.1 Å². The fraction of sp³-hybridized carbons (Fsp3) is 0.667. The molecular formula is C21H34F3N3O2. The number of hydrogen-bond donors (Lipinski definition) is 3. The number of alkyl halides is 3. The van der Waals surface area contributed by atoms with Crippen molar-refractivity contribution in [2.45, 2.75) is 52.9 Å². The molecule has 29 heavy (non-hydrogen) atoms. The van der Waals surface area contributed by atoms with E-state index in [1.165, 1.54) is 0 Å². The largest absolute Gasteiger partial charge is 0.411 e. The van der Waals surface area contributed by atoms with Gasteiger partial charge in [-0.05, 0) is 42.7 Å². The van der Waals surface area contributed by atoms with Gasteiger partial charge in [-0.3, -0.25) is 0 Å². The maximum Gasteiger partial charge on any atom is 0.411 e. The molecule has 0 saturated heterocycles. The molecule has 0 fully saturated rings.